The van der Waals surface area contributed by atoms with Crippen molar-refractivity contribution >= 4 is 63.9 Å². The number of amides is 1. The normalized spacial score (nSPS) is 20.0. The highest BCUT2D eigenvalue weighted by molar-refractivity contribution is 8.26. The molecule has 0 spiro atoms. The van der Waals surface area contributed by atoms with Gasteiger partial charge in [0.1, 0.15) is 10.1 Å². The van der Waals surface area contributed by atoms with Gasteiger partial charge in [0.05, 0.1) is 17.6 Å². The zero-order valence-electron chi connectivity index (χ0n) is 17.0. The predicted octanol–water partition coefficient (Wildman–Crippen LogP) is 5.34. The van der Waals surface area contributed by atoms with Gasteiger partial charge in [-0.15, -0.1) is 0 Å². The van der Waals surface area contributed by atoms with E-state index in [1.807, 2.05) is 12.1 Å². The van der Waals surface area contributed by atoms with Crippen LogP contribution in [-0.4, -0.2) is 40.4 Å². The van der Waals surface area contributed by atoms with Crippen LogP contribution in [0, 0.1) is 0 Å². The number of hydrogen-bond acceptors (Lipinski definition) is 6. The van der Waals surface area contributed by atoms with Gasteiger partial charge in [-0.2, -0.15) is 0 Å². The van der Waals surface area contributed by atoms with E-state index in [0.717, 1.165) is 30.6 Å². The molecule has 0 unspecified atom stereocenters. The van der Waals surface area contributed by atoms with E-state index in [1.54, 1.807) is 53.5 Å². The summed E-state index contributed by atoms with van der Waals surface area (Å²) in [5.41, 5.74) is 1.66. The zero-order chi connectivity index (χ0) is 22.5. The molecule has 2 aromatic carbocycles. The van der Waals surface area contributed by atoms with Crippen molar-refractivity contribution in [2.24, 2.45) is 0 Å². The first-order valence-corrected chi connectivity index (χ1v) is 11.7. The minimum absolute atomic E-state index is 0.0551. The van der Waals surface area contributed by atoms with E-state index in [1.165, 1.54) is 17.8 Å². The molecule has 1 amide bonds. The molecule has 2 saturated heterocycles. The number of halogens is 1. The summed E-state index contributed by atoms with van der Waals surface area (Å²) in [6.45, 7) is 1.24. The van der Waals surface area contributed by atoms with Crippen molar-refractivity contribution in [2.45, 2.75) is 18.9 Å². The lowest BCUT2D eigenvalue weighted by Gasteiger charge is -2.18. The molecule has 0 saturated carbocycles. The van der Waals surface area contributed by atoms with E-state index in [0.29, 0.717) is 26.5 Å². The third-order valence-electron chi connectivity index (χ3n) is 4.96. The molecule has 0 N–H and O–H groups in total. The van der Waals surface area contributed by atoms with Crippen molar-refractivity contribution in [3.05, 3.63) is 75.7 Å². The smallest absolute Gasteiger partial charge is 0.336 e. The minimum atomic E-state index is -0.484. The van der Waals surface area contributed by atoms with Crippen molar-refractivity contribution in [3.8, 4) is 5.75 Å². The van der Waals surface area contributed by atoms with Crippen molar-refractivity contribution in [1.82, 2.24) is 4.90 Å². The van der Waals surface area contributed by atoms with Crippen LogP contribution >= 0.6 is 35.6 Å². The van der Waals surface area contributed by atoms with Crippen LogP contribution < -0.4 is 4.74 Å². The number of esters is 1. The summed E-state index contributed by atoms with van der Waals surface area (Å²) in [5, 5.41) is 0.634. The lowest BCUT2D eigenvalue weighted by atomic mass is 10.2. The fourth-order valence-corrected chi connectivity index (χ4v) is 4.72. The van der Waals surface area contributed by atoms with Gasteiger partial charge in [0, 0.05) is 17.7 Å². The molecule has 0 aromatic heterocycles. The summed E-state index contributed by atoms with van der Waals surface area (Å²) >= 11 is 12.5. The first-order chi connectivity index (χ1) is 15.5. The molecule has 1 atom stereocenters. The van der Waals surface area contributed by atoms with Crippen molar-refractivity contribution in [3.63, 3.8) is 0 Å². The summed E-state index contributed by atoms with van der Waals surface area (Å²) in [7, 11) is 0. The number of hydrogen-bond donors (Lipinski definition) is 0. The Morgan fingerprint density at radius 3 is 2.59 bits per heavy atom. The Morgan fingerprint density at radius 2 is 1.91 bits per heavy atom. The summed E-state index contributed by atoms with van der Waals surface area (Å²) in [4.78, 5) is 27.0. The van der Waals surface area contributed by atoms with Crippen LogP contribution in [0.15, 0.2) is 59.5 Å². The second-order valence-electron chi connectivity index (χ2n) is 7.30. The van der Waals surface area contributed by atoms with Crippen LogP contribution in [0.25, 0.3) is 12.2 Å². The number of carbonyl (C=O) groups is 2. The molecule has 0 aliphatic carbocycles. The number of nitrogens with zero attached hydrogens (tertiary/aromatic N) is 1. The van der Waals surface area contributed by atoms with Gasteiger partial charge in [0.15, 0.2) is 0 Å². The maximum absolute atomic E-state index is 12.7. The lowest BCUT2D eigenvalue weighted by molar-refractivity contribution is -0.129. The highest BCUT2D eigenvalue weighted by atomic mass is 35.5. The Kier molecular flexibility index (Phi) is 7.42. The average Bonchev–Trinajstić information content (AvgIpc) is 3.39. The summed E-state index contributed by atoms with van der Waals surface area (Å²) in [6, 6.07) is 14.1. The number of thioether (sulfide) groups is 1. The number of benzene rings is 2. The van der Waals surface area contributed by atoms with E-state index in [9.17, 15) is 9.59 Å². The van der Waals surface area contributed by atoms with Crippen molar-refractivity contribution in [1.29, 1.82) is 0 Å². The standard InChI is InChI=1S/C24H20ClNO4S2/c25-18-8-3-16(4-9-18)7-12-22(27)30-19-10-5-17(6-11-19)14-21-23(28)26(24(31)32-21)15-20-2-1-13-29-20/h3-12,14,20H,1-2,13,15H2/b12-7+,21-14-/t20-/m1/s1. The second-order valence-corrected chi connectivity index (χ2v) is 9.41. The van der Waals surface area contributed by atoms with Gasteiger partial charge in [0.25, 0.3) is 5.91 Å². The van der Waals surface area contributed by atoms with Gasteiger partial charge < -0.3 is 9.47 Å². The topological polar surface area (TPSA) is 55.8 Å². The molecule has 2 aromatic rings. The molecule has 32 heavy (non-hydrogen) atoms. The number of rotatable bonds is 6. The maximum Gasteiger partial charge on any atom is 0.336 e. The van der Waals surface area contributed by atoms with Gasteiger partial charge in [0.2, 0.25) is 0 Å². The zero-order valence-corrected chi connectivity index (χ0v) is 19.4. The molecule has 2 fully saturated rings. The summed E-state index contributed by atoms with van der Waals surface area (Å²) in [5.74, 6) is -0.167. The van der Waals surface area contributed by atoms with Gasteiger partial charge in [-0.3, -0.25) is 9.69 Å². The van der Waals surface area contributed by atoms with Gasteiger partial charge >= 0.3 is 5.97 Å². The second kappa shape index (κ2) is 10.4. The molecule has 164 valence electrons. The molecular formula is C24H20ClNO4S2. The fourth-order valence-electron chi connectivity index (χ4n) is 3.32. The van der Waals surface area contributed by atoms with Crippen molar-refractivity contribution in [2.75, 3.05) is 13.2 Å². The van der Waals surface area contributed by atoms with Crippen LogP contribution in [-0.2, 0) is 14.3 Å². The predicted molar refractivity (Wildman–Crippen MR) is 131 cm³/mol. The van der Waals surface area contributed by atoms with E-state index < -0.39 is 5.97 Å². The Balaban J connectivity index is 1.35. The monoisotopic (exact) mass is 485 g/mol. The Hall–Kier alpha value is -2.45. The Labute approximate surface area is 201 Å². The number of carbonyl (C=O) groups excluding carboxylic acids is 2. The van der Waals surface area contributed by atoms with E-state index in [4.69, 9.17) is 33.3 Å². The van der Waals surface area contributed by atoms with Gasteiger partial charge in [-0.05, 0) is 60.4 Å². The highest BCUT2D eigenvalue weighted by Crippen LogP contribution is 2.33. The van der Waals surface area contributed by atoms with E-state index in [2.05, 4.69) is 0 Å². The molecule has 0 radical (unpaired) electrons. The fraction of sp³-hybridized carbons (Fsp3) is 0.208. The van der Waals surface area contributed by atoms with Crippen LogP contribution in [0.1, 0.15) is 24.0 Å². The van der Waals surface area contributed by atoms with Crippen LogP contribution in [0.4, 0.5) is 0 Å². The first kappa shape index (κ1) is 22.7. The van der Waals surface area contributed by atoms with E-state index in [-0.39, 0.29) is 12.0 Å². The molecule has 8 heteroatoms. The number of thiocarbonyl (C=S) groups is 1. The molecule has 2 aliphatic rings. The summed E-state index contributed by atoms with van der Waals surface area (Å²) in [6.07, 6.45) is 6.83. The largest absolute Gasteiger partial charge is 0.423 e. The molecular weight excluding hydrogens is 466 g/mol. The van der Waals surface area contributed by atoms with Gasteiger partial charge in [-0.25, -0.2) is 4.79 Å². The van der Waals surface area contributed by atoms with Gasteiger partial charge in [-0.1, -0.05) is 59.8 Å². The molecule has 4 rings (SSSR count). The molecule has 0 bridgehead atoms. The Bertz CT molecular complexity index is 1070. The minimum Gasteiger partial charge on any atom is -0.423 e. The number of ether oxygens (including phenoxy) is 2. The SMILES string of the molecule is O=C(/C=C/c1ccc(Cl)cc1)Oc1ccc(/C=C2\SC(=S)N(C[C@H]3CCCO3)C2=O)cc1. The van der Waals surface area contributed by atoms with Crippen LogP contribution in [0.2, 0.25) is 5.02 Å². The maximum atomic E-state index is 12.7. The van der Waals surface area contributed by atoms with Crippen LogP contribution in [0.5, 0.6) is 5.75 Å². The molecule has 2 aliphatic heterocycles. The highest BCUT2D eigenvalue weighted by Gasteiger charge is 2.34. The summed E-state index contributed by atoms with van der Waals surface area (Å²) < 4.78 is 11.5. The third kappa shape index (κ3) is 5.86. The molecule has 5 nitrogen and oxygen atoms in total. The molecule has 2 heterocycles. The van der Waals surface area contributed by atoms with Crippen LogP contribution in [0.3, 0.4) is 0 Å². The quantitative estimate of drug-likeness (QED) is 0.238. The van der Waals surface area contributed by atoms with E-state index >= 15 is 0 Å². The third-order valence-corrected chi connectivity index (χ3v) is 6.59. The first-order valence-electron chi connectivity index (χ1n) is 10.1. The lowest BCUT2D eigenvalue weighted by Crippen LogP contribution is -2.35. The van der Waals surface area contributed by atoms with Crippen molar-refractivity contribution < 1.29 is 19.1 Å². The average molecular weight is 486 g/mol. The Morgan fingerprint density at radius 1 is 1.19 bits per heavy atom.